The fraction of sp³-hybridized carbons (Fsp3) is 0.409. The van der Waals surface area contributed by atoms with Gasteiger partial charge in [-0.2, -0.15) is 0 Å². The Morgan fingerprint density at radius 3 is 2.82 bits per heavy atom. The lowest BCUT2D eigenvalue weighted by Crippen LogP contribution is -2.56. The first-order valence-electron chi connectivity index (χ1n) is 10.0. The summed E-state index contributed by atoms with van der Waals surface area (Å²) < 4.78 is 0. The van der Waals surface area contributed by atoms with Crippen molar-refractivity contribution in [3.8, 4) is 0 Å². The fourth-order valence-electron chi connectivity index (χ4n) is 4.67. The van der Waals surface area contributed by atoms with Crippen molar-refractivity contribution in [3.63, 3.8) is 0 Å². The molecule has 2 aromatic rings. The number of nitrogens with zero attached hydrogens (tertiary/aromatic N) is 3. The van der Waals surface area contributed by atoms with Gasteiger partial charge in [-0.05, 0) is 50.3 Å². The maximum Gasteiger partial charge on any atom is 0.230 e. The summed E-state index contributed by atoms with van der Waals surface area (Å²) in [5.74, 6) is 0.723. The molecule has 3 N–H and O–H groups in total. The molecule has 28 heavy (non-hydrogen) atoms. The van der Waals surface area contributed by atoms with Gasteiger partial charge in [-0.3, -0.25) is 9.79 Å². The third-order valence-electron chi connectivity index (χ3n) is 6.32. The van der Waals surface area contributed by atoms with E-state index in [1.165, 1.54) is 11.1 Å². The lowest BCUT2D eigenvalue weighted by atomic mass is 9.80. The first kappa shape index (κ1) is 17.4. The molecule has 0 saturated carbocycles. The Hall–Kier alpha value is -2.73. The SMILES string of the molecule is Cc1ccc2c(c1)CCC(C1(N)CCN(c3ccnc4c3CC(=O)N4)CC1)=N2. The second-order valence-corrected chi connectivity index (χ2v) is 8.22. The summed E-state index contributed by atoms with van der Waals surface area (Å²) in [6.07, 6.45) is 5.87. The van der Waals surface area contributed by atoms with E-state index >= 15 is 0 Å². The van der Waals surface area contributed by atoms with E-state index in [4.69, 9.17) is 10.7 Å². The van der Waals surface area contributed by atoms with Gasteiger partial charge in [-0.15, -0.1) is 0 Å². The standard InChI is InChI=1S/C22H25N5O/c1-14-2-4-17-15(12-14)3-5-19(25-17)22(23)7-10-27(11-8-22)18-6-9-24-21-16(18)13-20(28)26-21/h2,4,6,9,12H,3,5,7-8,10-11,13,23H2,1H3,(H,24,26,28). The minimum absolute atomic E-state index is 0.0191. The number of aliphatic imine (C=N–C) groups is 1. The number of hydrogen-bond acceptors (Lipinski definition) is 5. The predicted molar refractivity (Wildman–Crippen MR) is 112 cm³/mol. The fourth-order valence-corrected chi connectivity index (χ4v) is 4.67. The van der Waals surface area contributed by atoms with Crippen LogP contribution < -0.4 is 16.0 Å². The van der Waals surface area contributed by atoms with Gasteiger partial charge in [0.15, 0.2) is 0 Å². The van der Waals surface area contributed by atoms with Gasteiger partial charge in [0.2, 0.25) is 5.91 Å². The van der Waals surface area contributed by atoms with Gasteiger partial charge in [0, 0.05) is 36.2 Å². The molecule has 3 aliphatic heterocycles. The van der Waals surface area contributed by atoms with E-state index in [2.05, 4.69) is 40.3 Å². The molecule has 144 valence electrons. The Kier molecular flexibility index (Phi) is 3.98. The number of piperidine rings is 1. The highest BCUT2D eigenvalue weighted by atomic mass is 16.1. The summed E-state index contributed by atoms with van der Waals surface area (Å²) >= 11 is 0. The monoisotopic (exact) mass is 375 g/mol. The molecule has 1 saturated heterocycles. The number of aryl methyl sites for hydroxylation is 2. The van der Waals surface area contributed by atoms with Crippen LogP contribution in [0.1, 0.15) is 36.0 Å². The molecular formula is C22H25N5O. The van der Waals surface area contributed by atoms with Crippen molar-refractivity contribution in [2.75, 3.05) is 23.3 Å². The van der Waals surface area contributed by atoms with Gasteiger partial charge in [0.05, 0.1) is 17.6 Å². The number of benzene rings is 1. The van der Waals surface area contributed by atoms with Crippen molar-refractivity contribution < 1.29 is 4.79 Å². The zero-order valence-corrected chi connectivity index (χ0v) is 16.2. The number of amides is 1. The molecule has 1 aromatic carbocycles. The summed E-state index contributed by atoms with van der Waals surface area (Å²) in [4.78, 5) is 23.3. The maximum absolute atomic E-state index is 11.8. The van der Waals surface area contributed by atoms with Gasteiger partial charge in [-0.25, -0.2) is 4.98 Å². The number of carbonyl (C=O) groups excluding carboxylic acids is 1. The predicted octanol–water partition coefficient (Wildman–Crippen LogP) is 2.90. The highest BCUT2D eigenvalue weighted by Crippen LogP contribution is 2.36. The van der Waals surface area contributed by atoms with Crippen LogP contribution in [-0.4, -0.2) is 35.2 Å². The molecule has 4 heterocycles. The van der Waals surface area contributed by atoms with Crippen molar-refractivity contribution >= 4 is 28.8 Å². The third-order valence-corrected chi connectivity index (χ3v) is 6.32. The van der Waals surface area contributed by atoms with Gasteiger partial charge in [-0.1, -0.05) is 17.7 Å². The number of aromatic nitrogens is 1. The Balaban J connectivity index is 1.36. The molecule has 0 aliphatic carbocycles. The van der Waals surface area contributed by atoms with Gasteiger partial charge in [0.1, 0.15) is 5.82 Å². The van der Waals surface area contributed by atoms with Crippen molar-refractivity contribution in [1.82, 2.24) is 4.98 Å². The molecule has 1 aromatic heterocycles. The number of hydrogen-bond donors (Lipinski definition) is 2. The maximum atomic E-state index is 11.8. The molecule has 1 amide bonds. The quantitative estimate of drug-likeness (QED) is 0.845. The van der Waals surface area contributed by atoms with Crippen LogP contribution in [0.5, 0.6) is 0 Å². The van der Waals surface area contributed by atoms with Crippen LogP contribution in [0.4, 0.5) is 17.2 Å². The van der Waals surface area contributed by atoms with Crippen LogP contribution >= 0.6 is 0 Å². The summed E-state index contributed by atoms with van der Waals surface area (Å²) in [6.45, 7) is 3.85. The summed E-state index contributed by atoms with van der Waals surface area (Å²) in [6, 6.07) is 8.49. The average molecular weight is 375 g/mol. The lowest BCUT2D eigenvalue weighted by Gasteiger charge is -2.42. The van der Waals surface area contributed by atoms with Crippen molar-refractivity contribution in [2.45, 2.75) is 44.6 Å². The van der Waals surface area contributed by atoms with E-state index in [1.54, 1.807) is 6.20 Å². The van der Waals surface area contributed by atoms with E-state index < -0.39 is 0 Å². The smallest absolute Gasteiger partial charge is 0.230 e. The van der Waals surface area contributed by atoms with Crippen LogP contribution in [-0.2, 0) is 17.6 Å². The van der Waals surface area contributed by atoms with Crippen LogP contribution in [0, 0.1) is 6.92 Å². The average Bonchev–Trinajstić information content (AvgIpc) is 3.08. The number of pyridine rings is 1. The second-order valence-electron chi connectivity index (χ2n) is 8.22. The zero-order chi connectivity index (χ0) is 19.3. The van der Waals surface area contributed by atoms with Crippen LogP contribution in [0.25, 0.3) is 0 Å². The zero-order valence-electron chi connectivity index (χ0n) is 16.2. The molecule has 3 aliphatic rings. The number of nitrogens with two attached hydrogens (primary N) is 1. The Labute approximate surface area is 164 Å². The molecule has 0 unspecified atom stereocenters. The number of carbonyl (C=O) groups is 1. The number of anilines is 2. The lowest BCUT2D eigenvalue weighted by molar-refractivity contribution is -0.115. The van der Waals surface area contributed by atoms with E-state index in [-0.39, 0.29) is 11.4 Å². The highest BCUT2D eigenvalue weighted by molar-refractivity contribution is 6.00. The summed E-state index contributed by atoms with van der Waals surface area (Å²) in [5.41, 5.74) is 13.5. The topological polar surface area (TPSA) is 83.6 Å². The van der Waals surface area contributed by atoms with Crippen molar-refractivity contribution in [2.24, 2.45) is 10.7 Å². The van der Waals surface area contributed by atoms with Gasteiger partial charge < -0.3 is 16.0 Å². The van der Waals surface area contributed by atoms with E-state index in [0.717, 1.165) is 61.4 Å². The minimum Gasteiger partial charge on any atom is -0.371 e. The molecule has 6 nitrogen and oxygen atoms in total. The number of rotatable bonds is 2. The molecule has 0 atom stereocenters. The number of nitrogens with one attached hydrogen (secondary N) is 1. The van der Waals surface area contributed by atoms with Crippen molar-refractivity contribution in [1.29, 1.82) is 0 Å². The van der Waals surface area contributed by atoms with E-state index in [0.29, 0.717) is 12.2 Å². The Morgan fingerprint density at radius 2 is 2.00 bits per heavy atom. The molecule has 6 heteroatoms. The molecular weight excluding hydrogens is 350 g/mol. The molecule has 0 radical (unpaired) electrons. The molecule has 0 spiro atoms. The summed E-state index contributed by atoms with van der Waals surface area (Å²) in [5, 5.41) is 2.84. The van der Waals surface area contributed by atoms with E-state index in [9.17, 15) is 4.79 Å². The normalized spacial score (nSPS) is 20.3. The third kappa shape index (κ3) is 2.88. The first-order chi connectivity index (χ1) is 13.5. The highest BCUT2D eigenvalue weighted by Gasteiger charge is 2.37. The van der Waals surface area contributed by atoms with Crippen molar-refractivity contribution in [3.05, 3.63) is 47.2 Å². The van der Waals surface area contributed by atoms with Crippen LogP contribution in [0.15, 0.2) is 35.5 Å². The molecule has 0 bridgehead atoms. The number of fused-ring (bicyclic) bond motifs is 2. The first-order valence-corrected chi connectivity index (χ1v) is 10.0. The summed E-state index contributed by atoms with van der Waals surface area (Å²) in [7, 11) is 0. The molecule has 5 rings (SSSR count). The van der Waals surface area contributed by atoms with Gasteiger partial charge >= 0.3 is 0 Å². The largest absolute Gasteiger partial charge is 0.371 e. The van der Waals surface area contributed by atoms with E-state index in [1.807, 2.05) is 6.07 Å². The Bertz CT molecular complexity index is 988. The van der Waals surface area contributed by atoms with Crippen LogP contribution in [0.2, 0.25) is 0 Å². The minimum atomic E-state index is -0.344. The molecule has 1 fully saturated rings. The van der Waals surface area contributed by atoms with Gasteiger partial charge in [0.25, 0.3) is 0 Å². The Morgan fingerprint density at radius 1 is 1.18 bits per heavy atom. The van der Waals surface area contributed by atoms with Crippen LogP contribution in [0.3, 0.4) is 0 Å². The second kappa shape index (κ2) is 6.41.